The largest absolute Gasteiger partial charge is 0.493 e. The van der Waals surface area contributed by atoms with Gasteiger partial charge in [0.1, 0.15) is 6.61 Å². The van der Waals surface area contributed by atoms with Crippen LogP contribution in [0.3, 0.4) is 0 Å². The van der Waals surface area contributed by atoms with Crippen LogP contribution in [0.2, 0.25) is 0 Å². The summed E-state index contributed by atoms with van der Waals surface area (Å²) in [5.41, 5.74) is 2.08. The summed E-state index contributed by atoms with van der Waals surface area (Å²) < 4.78 is 10.7. The Morgan fingerprint density at radius 1 is 1.19 bits per heavy atom. The molecule has 1 N–H and O–H groups in total. The van der Waals surface area contributed by atoms with E-state index in [0.29, 0.717) is 34.0 Å². The van der Waals surface area contributed by atoms with Gasteiger partial charge in [-0.05, 0) is 35.9 Å². The molecule has 0 atom stereocenters. The highest BCUT2D eigenvalue weighted by molar-refractivity contribution is 6.26. The molecule has 0 saturated heterocycles. The molecule has 3 rings (SSSR count). The van der Waals surface area contributed by atoms with Crippen molar-refractivity contribution in [2.24, 2.45) is 0 Å². The molecule has 1 aliphatic heterocycles. The van der Waals surface area contributed by atoms with Crippen molar-refractivity contribution in [1.29, 1.82) is 0 Å². The first-order chi connectivity index (χ1) is 12.6. The van der Waals surface area contributed by atoms with Crippen molar-refractivity contribution in [1.82, 2.24) is 0 Å². The Labute approximate surface area is 151 Å². The second kappa shape index (κ2) is 7.41. The zero-order chi connectivity index (χ0) is 18.7. The number of amides is 1. The van der Waals surface area contributed by atoms with Gasteiger partial charge in [0.15, 0.2) is 11.5 Å². The number of fused-ring (bicyclic) bond motifs is 1. The summed E-state index contributed by atoms with van der Waals surface area (Å²) in [6.45, 7) is 1.48. The van der Waals surface area contributed by atoms with Crippen molar-refractivity contribution in [3.8, 4) is 11.5 Å². The molecule has 2 aromatic carbocycles. The zero-order valence-electron chi connectivity index (χ0n) is 14.6. The quantitative estimate of drug-likeness (QED) is 0.837. The molecular formula is C20H19NO5. The van der Waals surface area contributed by atoms with Gasteiger partial charge in [-0.3, -0.25) is 14.5 Å². The van der Waals surface area contributed by atoms with Crippen LogP contribution in [0.25, 0.3) is 6.08 Å². The minimum absolute atomic E-state index is 0.102. The zero-order valence-corrected chi connectivity index (χ0v) is 14.6. The number of carbonyl (C=O) groups is 2. The van der Waals surface area contributed by atoms with Gasteiger partial charge < -0.3 is 14.6 Å². The van der Waals surface area contributed by atoms with E-state index >= 15 is 0 Å². The smallest absolute Gasteiger partial charge is 0.228 e. The molecule has 0 fully saturated rings. The van der Waals surface area contributed by atoms with E-state index < -0.39 is 0 Å². The van der Waals surface area contributed by atoms with E-state index in [2.05, 4.69) is 0 Å². The lowest BCUT2D eigenvalue weighted by Crippen LogP contribution is -2.25. The number of methoxy groups -OCH3 is 1. The predicted octanol–water partition coefficient (Wildman–Crippen LogP) is 2.66. The Bertz CT molecular complexity index is 888. The molecule has 134 valence electrons. The number of carbonyl (C=O) groups excluding carboxylic acids is 2. The van der Waals surface area contributed by atoms with Crippen LogP contribution in [-0.2, 0) is 4.79 Å². The molecule has 0 saturated carbocycles. The fourth-order valence-corrected chi connectivity index (χ4v) is 2.91. The van der Waals surface area contributed by atoms with Crippen molar-refractivity contribution in [3.63, 3.8) is 0 Å². The van der Waals surface area contributed by atoms with E-state index in [1.54, 1.807) is 48.5 Å². The lowest BCUT2D eigenvalue weighted by molar-refractivity contribution is -0.116. The summed E-state index contributed by atoms with van der Waals surface area (Å²) in [7, 11) is 1.51. The second-order valence-corrected chi connectivity index (χ2v) is 5.71. The van der Waals surface area contributed by atoms with Crippen LogP contribution in [0.15, 0.2) is 48.2 Å². The summed E-state index contributed by atoms with van der Waals surface area (Å²) in [6, 6.07) is 12.2. The van der Waals surface area contributed by atoms with Crippen LogP contribution in [0, 0.1) is 0 Å². The van der Waals surface area contributed by atoms with Crippen LogP contribution in [-0.4, -0.2) is 37.1 Å². The number of allylic oxidation sites excluding steroid dienone is 1. The van der Waals surface area contributed by atoms with E-state index in [-0.39, 0.29) is 24.9 Å². The average Bonchev–Trinajstić information content (AvgIpc) is 2.93. The van der Waals surface area contributed by atoms with Gasteiger partial charge in [0.05, 0.1) is 25.1 Å². The van der Waals surface area contributed by atoms with Crippen molar-refractivity contribution in [3.05, 3.63) is 59.3 Å². The SMILES string of the molecule is COc1cc(/C=C2/C(=O)c3ccccc3N2C(C)=O)ccc1OCCO. The molecule has 0 radical (unpaired) electrons. The number of hydrogen-bond acceptors (Lipinski definition) is 5. The normalized spacial score (nSPS) is 14.5. The van der Waals surface area contributed by atoms with Crippen LogP contribution in [0.5, 0.6) is 11.5 Å². The van der Waals surface area contributed by atoms with Gasteiger partial charge in [0, 0.05) is 12.5 Å². The first kappa shape index (κ1) is 17.7. The van der Waals surface area contributed by atoms with Crippen molar-refractivity contribution >= 4 is 23.5 Å². The Morgan fingerprint density at radius 3 is 2.65 bits per heavy atom. The lowest BCUT2D eigenvalue weighted by Gasteiger charge is -2.16. The standard InChI is InChI=1S/C20H19NO5/c1-13(23)21-16-6-4-3-5-15(16)20(24)17(21)11-14-7-8-18(26-10-9-22)19(12-14)25-2/h3-8,11-12,22H,9-10H2,1-2H3/b17-11-. The summed E-state index contributed by atoms with van der Waals surface area (Å²) in [5.74, 6) is 0.540. The summed E-state index contributed by atoms with van der Waals surface area (Å²) in [4.78, 5) is 26.3. The van der Waals surface area contributed by atoms with Crippen molar-refractivity contribution < 1.29 is 24.2 Å². The number of aliphatic hydroxyl groups is 1. The maximum absolute atomic E-state index is 12.7. The third-order valence-electron chi connectivity index (χ3n) is 4.02. The van der Waals surface area contributed by atoms with Gasteiger partial charge in [0.25, 0.3) is 0 Å². The molecule has 6 nitrogen and oxygen atoms in total. The Kier molecular flexibility index (Phi) is 5.04. The molecule has 6 heteroatoms. The number of anilines is 1. The first-order valence-electron chi connectivity index (χ1n) is 8.14. The predicted molar refractivity (Wildman–Crippen MR) is 97.5 cm³/mol. The molecule has 0 aromatic heterocycles. The number of Topliss-reactive ketones (excluding diaryl/α,β-unsaturated/α-hetero) is 1. The van der Waals surface area contributed by atoms with E-state index in [1.165, 1.54) is 18.9 Å². The third kappa shape index (κ3) is 3.19. The maximum Gasteiger partial charge on any atom is 0.228 e. The molecule has 1 aliphatic rings. The first-order valence-corrected chi connectivity index (χ1v) is 8.14. The molecule has 26 heavy (non-hydrogen) atoms. The highest BCUT2D eigenvalue weighted by Gasteiger charge is 2.34. The highest BCUT2D eigenvalue weighted by atomic mass is 16.5. The van der Waals surface area contributed by atoms with Gasteiger partial charge in [0.2, 0.25) is 11.7 Å². The van der Waals surface area contributed by atoms with E-state index in [9.17, 15) is 9.59 Å². The number of hydrogen-bond donors (Lipinski definition) is 1. The molecule has 0 unspecified atom stereocenters. The fraction of sp³-hybridized carbons (Fsp3) is 0.200. The minimum atomic E-state index is -0.232. The topological polar surface area (TPSA) is 76.1 Å². The molecule has 2 aromatic rings. The van der Waals surface area contributed by atoms with Gasteiger partial charge in [-0.2, -0.15) is 0 Å². The second-order valence-electron chi connectivity index (χ2n) is 5.71. The molecule has 1 heterocycles. The minimum Gasteiger partial charge on any atom is -0.493 e. The molecule has 0 aliphatic carbocycles. The number of aliphatic hydroxyl groups excluding tert-OH is 1. The van der Waals surface area contributed by atoms with E-state index in [0.717, 1.165) is 0 Å². The van der Waals surface area contributed by atoms with Gasteiger partial charge >= 0.3 is 0 Å². The number of ketones is 1. The van der Waals surface area contributed by atoms with Crippen molar-refractivity contribution in [2.75, 3.05) is 25.2 Å². The highest BCUT2D eigenvalue weighted by Crippen LogP contribution is 2.36. The number of ether oxygens (including phenoxy) is 2. The van der Waals surface area contributed by atoms with E-state index in [4.69, 9.17) is 14.6 Å². The number of para-hydroxylation sites is 1. The van der Waals surface area contributed by atoms with Crippen LogP contribution in [0.4, 0.5) is 5.69 Å². The number of benzene rings is 2. The average molecular weight is 353 g/mol. The number of rotatable bonds is 5. The van der Waals surface area contributed by atoms with Crippen LogP contribution < -0.4 is 14.4 Å². The van der Waals surface area contributed by atoms with Gasteiger partial charge in [-0.15, -0.1) is 0 Å². The van der Waals surface area contributed by atoms with Crippen LogP contribution in [0.1, 0.15) is 22.8 Å². The van der Waals surface area contributed by atoms with E-state index in [1.807, 2.05) is 0 Å². The lowest BCUT2D eigenvalue weighted by atomic mass is 10.1. The Hall–Kier alpha value is -3.12. The monoisotopic (exact) mass is 353 g/mol. The summed E-state index contributed by atoms with van der Waals surface area (Å²) >= 11 is 0. The van der Waals surface area contributed by atoms with Crippen molar-refractivity contribution in [2.45, 2.75) is 6.92 Å². The summed E-state index contributed by atoms with van der Waals surface area (Å²) in [5, 5.41) is 8.88. The summed E-state index contributed by atoms with van der Waals surface area (Å²) in [6.07, 6.45) is 1.65. The molecular weight excluding hydrogens is 334 g/mol. The fourth-order valence-electron chi connectivity index (χ4n) is 2.91. The maximum atomic E-state index is 12.7. The van der Waals surface area contributed by atoms with Crippen LogP contribution >= 0.6 is 0 Å². The van der Waals surface area contributed by atoms with Gasteiger partial charge in [-0.25, -0.2) is 0 Å². The molecule has 0 bridgehead atoms. The number of nitrogens with zero attached hydrogens (tertiary/aromatic N) is 1. The Morgan fingerprint density at radius 2 is 1.96 bits per heavy atom. The third-order valence-corrected chi connectivity index (χ3v) is 4.02. The van der Waals surface area contributed by atoms with Gasteiger partial charge in [-0.1, -0.05) is 18.2 Å². The molecule has 0 spiro atoms. The Balaban J connectivity index is 2.01. The molecule has 1 amide bonds.